The molecule has 3 heteroatoms. The van der Waals surface area contributed by atoms with Crippen LogP contribution in [-0.4, -0.2) is 44.3 Å². The maximum absolute atomic E-state index is 5.76. The van der Waals surface area contributed by atoms with Crippen molar-refractivity contribution in [2.24, 2.45) is 5.41 Å². The molecule has 21 heavy (non-hydrogen) atoms. The van der Waals surface area contributed by atoms with Crippen LogP contribution in [0.4, 0.5) is 0 Å². The van der Waals surface area contributed by atoms with E-state index in [1.54, 1.807) is 0 Å². The minimum atomic E-state index is 0.167. The molecule has 1 N–H and O–H groups in total. The predicted molar refractivity (Wildman–Crippen MR) is 88.5 cm³/mol. The lowest BCUT2D eigenvalue weighted by atomic mass is 9.80. The molecule has 1 aliphatic rings. The van der Waals surface area contributed by atoms with Gasteiger partial charge in [0.2, 0.25) is 0 Å². The van der Waals surface area contributed by atoms with Crippen LogP contribution in [0.15, 0.2) is 30.3 Å². The van der Waals surface area contributed by atoms with Gasteiger partial charge >= 0.3 is 0 Å². The van der Waals surface area contributed by atoms with E-state index >= 15 is 0 Å². The number of hydrogen-bond donors (Lipinski definition) is 1. The van der Waals surface area contributed by atoms with E-state index in [9.17, 15) is 0 Å². The summed E-state index contributed by atoms with van der Waals surface area (Å²) < 4.78 is 5.76. The molecular weight excluding hydrogens is 260 g/mol. The molecule has 0 aromatic heterocycles. The molecule has 1 heterocycles. The van der Waals surface area contributed by atoms with Crippen molar-refractivity contribution in [3.05, 3.63) is 35.9 Å². The molecule has 2 atom stereocenters. The summed E-state index contributed by atoms with van der Waals surface area (Å²) in [5.74, 6) is 0. The van der Waals surface area contributed by atoms with Crippen LogP contribution in [0.1, 0.15) is 38.8 Å². The average molecular weight is 290 g/mol. The van der Waals surface area contributed by atoms with Crippen LogP contribution in [-0.2, 0) is 4.74 Å². The highest BCUT2D eigenvalue weighted by Gasteiger charge is 2.32. The molecule has 2 unspecified atom stereocenters. The van der Waals surface area contributed by atoms with Crippen LogP contribution in [0, 0.1) is 5.41 Å². The van der Waals surface area contributed by atoms with Crippen molar-refractivity contribution in [1.29, 1.82) is 0 Å². The maximum Gasteiger partial charge on any atom is 0.0673 e. The Hall–Kier alpha value is -0.900. The Morgan fingerprint density at radius 3 is 2.71 bits per heavy atom. The van der Waals surface area contributed by atoms with Gasteiger partial charge in [0.05, 0.1) is 6.10 Å². The first-order chi connectivity index (χ1) is 10.0. The Kier molecular flexibility index (Phi) is 5.80. The molecule has 3 nitrogen and oxygen atoms in total. The molecule has 0 saturated carbocycles. The SMILES string of the molecule is CNC(c1ccccc1)C(C)(C)CN1CCCOC(C)C1. The van der Waals surface area contributed by atoms with Crippen molar-refractivity contribution in [2.75, 3.05) is 33.3 Å². The number of nitrogens with one attached hydrogen (secondary N) is 1. The fraction of sp³-hybridized carbons (Fsp3) is 0.667. The standard InChI is InChI=1S/C18H30N2O/c1-15-13-20(11-8-12-21-15)14-18(2,3)17(19-4)16-9-6-5-7-10-16/h5-7,9-10,15,17,19H,8,11-14H2,1-4H3. The summed E-state index contributed by atoms with van der Waals surface area (Å²) in [4.78, 5) is 2.56. The molecule has 1 aromatic carbocycles. The third-order valence-electron chi connectivity index (χ3n) is 4.37. The second kappa shape index (κ2) is 7.39. The molecule has 0 aliphatic carbocycles. The van der Waals surface area contributed by atoms with E-state index in [1.807, 2.05) is 0 Å². The molecule has 118 valence electrons. The Labute approximate surface area is 129 Å². The summed E-state index contributed by atoms with van der Waals surface area (Å²) in [6, 6.07) is 11.1. The van der Waals surface area contributed by atoms with Gasteiger partial charge in [-0.3, -0.25) is 0 Å². The third kappa shape index (κ3) is 4.53. The number of nitrogens with zero attached hydrogens (tertiary/aromatic N) is 1. The van der Waals surface area contributed by atoms with Gasteiger partial charge in [-0.2, -0.15) is 0 Å². The van der Waals surface area contributed by atoms with Gasteiger partial charge in [-0.1, -0.05) is 44.2 Å². The van der Waals surface area contributed by atoms with E-state index in [2.05, 4.69) is 68.4 Å². The Morgan fingerprint density at radius 1 is 1.33 bits per heavy atom. The largest absolute Gasteiger partial charge is 0.377 e. The molecule has 0 radical (unpaired) electrons. The molecule has 2 rings (SSSR count). The minimum Gasteiger partial charge on any atom is -0.377 e. The minimum absolute atomic E-state index is 0.167. The fourth-order valence-corrected chi connectivity index (χ4v) is 3.55. The van der Waals surface area contributed by atoms with Gasteiger partial charge in [0, 0.05) is 32.3 Å². The molecular formula is C18H30N2O. The van der Waals surface area contributed by atoms with E-state index in [1.165, 1.54) is 5.56 Å². The van der Waals surface area contributed by atoms with Gasteiger partial charge in [0.15, 0.2) is 0 Å². The van der Waals surface area contributed by atoms with E-state index in [-0.39, 0.29) is 5.41 Å². The fourth-order valence-electron chi connectivity index (χ4n) is 3.55. The average Bonchev–Trinajstić information content (AvgIpc) is 2.64. The summed E-state index contributed by atoms with van der Waals surface area (Å²) >= 11 is 0. The Morgan fingerprint density at radius 2 is 2.05 bits per heavy atom. The molecule has 0 amide bonds. The van der Waals surface area contributed by atoms with Gasteiger partial charge in [-0.25, -0.2) is 0 Å². The number of rotatable bonds is 5. The molecule has 1 fully saturated rings. The smallest absolute Gasteiger partial charge is 0.0673 e. The van der Waals surface area contributed by atoms with Crippen LogP contribution >= 0.6 is 0 Å². The first-order valence-electron chi connectivity index (χ1n) is 8.09. The Balaban J connectivity index is 2.08. The summed E-state index contributed by atoms with van der Waals surface area (Å²) in [5.41, 5.74) is 1.53. The van der Waals surface area contributed by atoms with Crippen molar-refractivity contribution in [2.45, 2.75) is 39.3 Å². The van der Waals surface area contributed by atoms with Crippen LogP contribution in [0.2, 0.25) is 0 Å². The first-order valence-corrected chi connectivity index (χ1v) is 8.09. The second-order valence-corrected chi connectivity index (χ2v) is 6.89. The highest BCUT2D eigenvalue weighted by molar-refractivity contribution is 5.21. The monoisotopic (exact) mass is 290 g/mol. The maximum atomic E-state index is 5.76. The zero-order valence-corrected chi connectivity index (χ0v) is 13.9. The van der Waals surface area contributed by atoms with Crippen molar-refractivity contribution in [1.82, 2.24) is 10.2 Å². The lowest BCUT2D eigenvalue weighted by molar-refractivity contribution is 0.0581. The van der Waals surface area contributed by atoms with Crippen molar-refractivity contribution in [3.63, 3.8) is 0 Å². The number of benzene rings is 1. The second-order valence-electron chi connectivity index (χ2n) is 6.89. The van der Waals surface area contributed by atoms with Gasteiger partial charge in [-0.05, 0) is 31.4 Å². The van der Waals surface area contributed by atoms with Crippen LogP contribution in [0.25, 0.3) is 0 Å². The van der Waals surface area contributed by atoms with Crippen molar-refractivity contribution in [3.8, 4) is 0 Å². The molecule has 1 aliphatic heterocycles. The van der Waals surface area contributed by atoms with Gasteiger partial charge in [-0.15, -0.1) is 0 Å². The summed E-state index contributed by atoms with van der Waals surface area (Å²) in [5, 5.41) is 3.52. The Bertz CT molecular complexity index is 418. The van der Waals surface area contributed by atoms with Gasteiger partial charge in [0.25, 0.3) is 0 Å². The summed E-state index contributed by atoms with van der Waals surface area (Å²) in [6.07, 6.45) is 1.48. The zero-order chi connectivity index (χ0) is 15.3. The lowest BCUT2D eigenvalue weighted by Crippen LogP contribution is -2.43. The summed E-state index contributed by atoms with van der Waals surface area (Å²) in [7, 11) is 2.06. The van der Waals surface area contributed by atoms with Gasteiger partial charge < -0.3 is 15.0 Å². The van der Waals surface area contributed by atoms with Gasteiger partial charge in [0.1, 0.15) is 0 Å². The highest BCUT2D eigenvalue weighted by atomic mass is 16.5. The van der Waals surface area contributed by atoms with Crippen molar-refractivity contribution >= 4 is 0 Å². The third-order valence-corrected chi connectivity index (χ3v) is 4.37. The lowest BCUT2D eigenvalue weighted by Gasteiger charge is -2.39. The normalized spacial score (nSPS) is 22.8. The topological polar surface area (TPSA) is 24.5 Å². The first kappa shape index (κ1) is 16.5. The van der Waals surface area contributed by atoms with Crippen LogP contribution in [0.5, 0.6) is 0 Å². The molecule has 1 saturated heterocycles. The predicted octanol–water partition coefficient (Wildman–Crippen LogP) is 3.08. The van der Waals surface area contributed by atoms with Crippen molar-refractivity contribution < 1.29 is 4.74 Å². The van der Waals surface area contributed by atoms with E-state index in [4.69, 9.17) is 4.74 Å². The quantitative estimate of drug-likeness (QED) is 0.902. The van der Waals surface area contributed by atoms with E-state index in [0.29, 0.717) is 12.1 Å². The highest BCUT2D eigenvalue weighted by Crippen LogP contribution is 2.34. The molecule has 0 spiro atoms. The number of ether oxygens (including phenoxy) is 1. The number of hydrogen-bond acceptors (Lipinski definition) is 3. The molecule has 0 bridgehead atoms. The molecule has 1 aromatic rings. The van der Waals surface area contributed by atoms with Crippen LogP contribution in [0.3, 0.4) is 0 Å². The summed E-state index contributed by atoms with van der Waals surface area (Å²) in [6.45, 7) is 11.0. The zero-order valence-electron chi connectivity index (χ0n) is 13.9. The van der Waals surface area contributed by atoms with Crippen LogP contribution < -0.4 is 5.32 Å². The van der Waals surface area contributed by atoms with E-state index in [0.717, 1.165) is 32.7 Å². The van der Waals surface area contributed by atoms with E-state index < -0.39 is 0 Å².